The van der Waals surface area contributed by atoms with Gasteiger partial charge in [0.25, 0.3) is 0 Å². The molecule has 11 heavy (non-hydrogen) atoms. The number of hydrogen-bond donors (Lipinski definition) is 0. The summed E-state index contributed by atoms with van der Waals surface area (Å²) in [5.41, 5.74) is 0. The van der Waals surface area contributed by atoms with E-state index in [4.69, 9.17) is 0 Å². The molecule has 1 rings (SSSR count). The fourth-order valence-corrected chi connectivity index (χ4v) is 0.876. The predicted molar refractivity (Wildman–Crippen MR) is 36.6 cm³/mol. The maximum atomic E-state index is 10.2. The fourth-order valence-electron chi connectivity index (χ4n) is 0.876. The van der Waals surface area contributed by atoms with E-state index < -0.39 is 5.97 Å². The highest BCUT2D eigenvalue weighted by Crippen LogP contribution is 2.06. The van der Waals surface area contributed by atoms with Crippen molar-refractivity contribution in [3.05, 3.63) is 18.5 Å². The molecule has 0 fully saturated rings. The molecule has 0 aromatic carbocycles. The number of aliphatic carboxylic acids is 1. The average Bonchev–Trinajstić information content (AvgIpc) is 2.35. The van der Waals surface area contributed by atoms with Crippen LogP contribution in [0, 0.1) is 0 Å². The number of carboxylic acids is 1. The zero-order valence-corrected chi connectivity index (χ0v) is 6.23. The highest BCUT2D eigenvalue weighted by molar-refractivity contribution is 5.64. The first kappa shape index (κ1) is 7.78. The molecule has 0 saturated carbocycles. The number of carboxylic acid groups (broad SMARTS) is 1. The Hall–Kier alpha value is -1.32. The van der Waals surface area contributed by atoms with Gasteiger partial charge in [0.05, 0.1) is 6.04 Å². The van der Waals surface area contributed by atoms with E-state index in [1.54, 1.807) is 30.1 Å². The van der Waals surface area contributed by atoms with Gasteiger partial charge in [0.2, 0.25) is 0 Å². The predicted octanol–water partition coefficient (Wildman–Crippen LogP) is -0.416. The first-order valence-electron chi connectivity index (χ1n) is 3.39. The molecule has 1 heterocycles. The van der Waals surface area contributed by atoms with Crippen LogP contribution in [0.3, 0.4) is 0 Å². The van der Waals surface area contributed by atoms with Gasteiger partial charge in [0.1, 0.15) is 0 Å². The van der Waals surface area contributed by atoms with Crippen LogP contribution in [0.2, 0.25) is 0 Å². The minimum absolute atomic E-state index is 0.00167. The number of hydrogen-bond acceptors (Lipinski definition) is 3. The molecule has 0 aliphatic rings. The molecular formula is C7H9N2O2-. The summed E-state index contributed by atoms with van der Waals surface area (Å²) >= 11 is 0. The van der Waals surface area contributed by atoms with E-state index >= 15 is 0 Å². The van der Waals surface area contributed by atoms with Crippen LogP contribution in [-0.4, -0.2) is 15.7 Å². The third kappa shape index (κ3) is 2.07. The van der Waals surface area contributed by atoms with Gasteiger partial charge in [-0.15, -0.1) is 0 Å². The Morgan fingerprint density at radius 2 is 2.55 bits per heavy atom. The molecule has 1 aromatic rings. The molecule has 0 saturated heterocycles. The zero-order chi connectivity index (χ0) is 8.27. The van der Waals surface area contributed by atoms with Crippen molar-refractivity contribution in [1.82, 2.24) is 9.78 Å². The SMILES string of the molecule is C[C@@H](CC(=O)[O-])n1cccn1. The van der Waals surface area contributed by atoms with Crippen molar-refractivity contribution in [2.45, 2.75) is 19.4 Å². The molecule has 0 radical (unpaired) electrons. The maximum Gasteiger partial charge on any atom is 0.0543 e. The molecule has 0 N–H and O–H groups in total. The summed E-state index contributed by atoms with van der Waals surface area (Å²) in [4.78, 5) is 10.2. The van der Waals surface area contributed by atoms with Gasteiger partial charge in [-0.2, -0.15) is 5.10 Å². The third-order valence-corrected chi connectivity index (χ3v) is 1.44. The quantitative estimate of drug-likeness (QED) is 0.592. The normalized spacial score (nSPS) is 12.8. The summed E-state index contributed by atoms with van der Waals surface area (Å²) in [5, 5.41) is 14.0. The maximum absolute atomic E-state index is 10.2. The van der Waals surface area contributed by atoms with Crippen LogP contribution in [0.1, 0.15) is 19.4 Å². The largest absolute Gasteiger partial charge is 0.550 e. The van der Waals surface area contributed by atoms with Crippen LogP contribution >= 0.6 is 0 Å². The summed E-state index contributed by atoms with van der Waals surface area (Å²) in [6, 6.07) is 1.63. The molecular weight excluding hydrogens is 144 g/mol. The molecule has 0 amide bonds. The minimum atomic E-state index is -1.05. The van der Waals surface area contributed by atoms with Gasteiger partial charge in [0, 0.05) is 24.8 Å². The summed E-state index contributed by atoms with van der Waals surface area (Å²) in [7, 11) is 0. The smallest absolute Gasteiger partial charge is 0.0543 e. The molecule has 0 aliphatic heterocycles. The molecule has 0 unspecified atom stereocenters. The van der Waals surface area contributed by atoms with E-state index in [1.807, 2.05) is 0 Å². The number of nitrogens with zero attached hydrogens (tertiary/aromatic N) is 2. The Morgan fingerprint density at radius 3 is 3.00 bits per heavy atom. The van der Waals surface area contributed by atoms with Gasteiger partial charge in [-0.1, -0.05) is 0 Å². The van der Waals surface area contributed by atoms with Crippen LogP contribution < -0.4 is 5.11 Å². The van der Waals surface area contributed by atoms with Crippen LogP contribution in [0.4, 0.5) is 0 Å². The first-order chi connectivity index (χ1) is 5.20. The Balaban J connectivity index is 2.56. The van der Waals surface area contributed by atoms with Gasteiger partial charge in [0.15, 0.2) is 0 Å². The minimum Gasteiger partial charge on any atom is -0.550 e. The lowest BCUT2D eigenvalue weighted by Crippen LogP contribution is -2.25. The lowest BCUT2D eigenvalue weighted by molar-refractivity contribution is -0.306. The van der Waals surface area contributed by atoms with E-state index in [2.05, 4.69) is 5.10 Å². The Kier molecular flexibility index (Phi) is 2.25. The molecule has 4 nitrogen and oxygen atoms in total. The monoisotopic (exact) mass is 153 g/mol. The van der Waals surface area contributed by atoms with Crippen LogP contribution in [0.15, 0.2) is 18.5 Å². The molecule has 0 aliphatic carbocycles. The zero-order valence-electron chi connectivity index (χ0n) is 6.23. The van der Waals surface area contributed by atoms with E-state index in [-0.39, 0.29) is 12.5 Å². The van der Waals surface area contributed by atoms with Gasteiger partial charge in [-0.25, -0.2) is 0 Å². The van der Waals surface area contributed by atoms with Crippen LogP contribution in [-0.2, 0) is 4.79 Å². The molecule has 1 aromatic heterocycles. The average molecular weight is 153 g/mol. The standard InChI is InChI=1S/C7H10N2O2/c1-6(5-7(10)11)9-4-2-3-8-9/h2-4,6H,5H2,1H3,(H,10,11)/p-1/t6-/m0/s1. The van der Waals surface area contributed by atoms with E-state index in [0.29, 0.717) is 0 Å². The Bertz CT molecular complexity index is 231. The lowest BCUT2D eigenvalue weighted by Gasteiger charge is -2.11. The topological polar surface area (TPSA) is 57.9 Å². The van der Waals surface area contributed by atoms with Gasteiger partial charge in [-0.3, -0.25) is 4.68 Å². The summed E-state index contributed by atoms with van der Waals surface area (Å²) in [6.45, 7) is 1.78. The van der Waals surface area contributed by atoms with Gasteiger partial charge < -0.3 is 9.90 Å². The van der Waals surface area contributed by atoms with E-state index in [1.165, 1.54) is 0 Å². The molecule has 60 valence electrons. The van der Waals surface area contributed by atoms with Crippen molar-refractivity contribution in [3.63, 3.8) is 0 Å². The van der Waals surface area contributed by atoms with Crippen molar-refractivity contribution in [2.24, 2.45) is 0 Å². The van der Waals surface area contributed by atoms with Gasteiger partial charge >= 0.3 is 0 Å². The number of aromatic nitrogens is 2. The van der Waals surface area contributed by atoms with E-state index in [0.717, 1.165) is 0 Å². The first-order valence-corrected chi connectivity index (χ1v) is 3.39. The van der Waals surface area contributed by atoms with Crippen molar-refractivity contribution in [2.75, 3.05) is 0 Å². The van der Waals surface area contributed by atoms with Crippen LogP contribution in [0.5, 0.6) is 0 Å². The molecule has 0 spiro atoms. The Morgan fingerprint density at radius 1 is 1.82 bits per heavy atom. The van der Waals surface area contributed by atoms with Crippen LogP contribution in [0.25, 0.3) is 0 Å². The van der Waals surface area contributed by atoms with Crippen molar-refractivity contribution in [3.8, 4) is 0 Å². The number of carbonyl (C=O) groups is 1. The number of rotatable bonds is 3. The summed E-state index contributed by atoms with van der Waals surface area (Å²) in [6.07, 6.45) is 3.35. The lowest BCUT2D eigenvalue weighted by atomic mass is 10.2. The van der Waals surface area contributed by atoms with Crippen molar-refractivity contribution in [1.29, 1.82) is 0 Å². The highest BCUT2D eigenvalue weighted by Gasteiger charge is 2.02. The second-order valence-electron chi connectivity index (χ2n) is 2.41. The van der Waals surface area contributed by atoms with E-state index in [9.17, 15) is 9.90 Å². The highest BCUT2D eigenvalue weighted by atomic mass is 16.4. The van der Waals surface area contributed by atoms with Crippen molar-refractivity contribution < 1.29 is 9.90 Å². The molecule has 4 heteroatoms. The molecule has 1 atom stereocenters. The second-order valence-corrected chi connectivity index (χ2v) is 2.41. The van der Waals surface area contributed by atoms with Gasteiger partial charge in [-0.05, 0) is 13.0 Å². The molecule has 0 bridgehead atoms. The number of carbonyl (C=O) groups excluding carboxylic acids is 1. The fraction of sp³-hybridized carbons (Fsp3) is 0.429. The second kappa shape index (κ2) is 3.18. The third-order valence-electron chi connectivity index (χ3n) is 1.44. The Labute approximate surface area is 64.5 Å². The summed E-state index contributed by atoms with van der Waals surface area (Å²) < 4.78 is 1.59. The summed E-state index contributed by atoms with van der Waals surface area (Å²) in [5.74, 6) is -1.05. The van der Waals surface area contributed by atoms with Crippen molar-refractivity contribution >= 4 is 5.97 Å².